The van der Waals surface area contributed by atoms with E-state index in [-0.39, 0.29) is 24.2 Å². The van der Waals surface area contributed by atoms with E-state index in [9.17, 15) is 14.4 Å². The molecule has 0 spiro atoms. The van der Waals surface area contributed by atoms with Crippen LogP contribution in [0.1, 0.15) is 52.5 Å². The molecule has 2 heterocycles. The maximum atomic E-state index is 11.9. The molecule has 0 aliphatic carbocycles. The Kier molecular flexibility index (Phi) is 5.70. The minimum absolute atomic E-state index is 0.222. The van der Waals surface area contributed by atoms with Crippen molar-refractivity contribution in [3.63, 3.8) is 0 Å². The minimum Gasteiger partial charge on any atom is -0.462 e. The number of piperidine rings is 1. The van der Waals surface area contributed by atoms with Gasteiger partial charge in [-0.15, -0.1) is 11.3 Å². The molecule has 2 rings (SSSR count). The van der Waals surface area contributed by atoms with Crippen molar-refractivity contribution in [2.24, 2.45) is 5.73 Å². The number of rotatable bonds is 5. The van der Waals surface area contributed by atoms with Crippen LogP contribution in [0.25, 0.3) is 0 Å². The fraction of sp³-hybridized carbons (Fsp3) is 0.600. The van der Waals surface area contributed by atoms with Crippen molar-refractivity contribution in [2.75, 3.05) is 19.7 Å². The van der Waals surface area contributed by atoms with Crippen molar-refractivity contribution in [3.05, 3.63) is 15.6 Å². The molecule has 1 aromatic heterocycles. The van der Waals surface area contributed by atoms with Gasteiger partial charge in [-0.2, -0.15) is 0 Å². The maximum absolute atomic E-state index is 11.9. The lowest BCUT2D eigenvalue weighted by Gasteiger charge is -2.30. The summed E-state index contributed by atoms with van der Waals surface area (Å²) < 4.78 is 5.03. The summed E-state index contributed by atoms with van der Waals surface area (Å²) in [6, 6.07) is 0. The highest BCUT2D eigenvalue weighted by Crippen LogP contribution is 2.33. The van der Waals surface area contributed by atoms with Crippen molar-refractivity contribution in [2.45, 2.75) is 39.0 Å². The van der Waals surface area contributed by atoms with Crippen LogP contribution in [0, 0.1) is 6.92 Å². The smallest absolute Gasteiger partial charge is 0.350 e. The zero-order chi connectivity index (χ0) is 17.0. The summed E-state index contributed by atoms with van der Waals surface area (Å²) in [6.45, 7) is 5.06. The van der Waals surface area contributed by atoms with Gasteiger partial charge in [-0.3, -0.25) is 9.59 Å². The first-order chi connectivity index (χ1) is 10.9. The van der Waals surface area contributed by atoms with E-state index in [1.165, 1.54) is 11.3 Å². The van der Waals surface area contributed by atoms with Crippen LogP contribution in [-0.2, 0) is 14.3 Å². The molecule has 0 saturated carbocycles. The summed E-state index contributed by atoms with van der Waals surface area (Å²) in [7, 11) is 0. The van der Waals surface area contributed by atoms with Gasteiger partial charge in [0.05, 0.1) is 17.3 Å². The van der Waals surface area contributed by atoms with E-state index in [4.69, 9.17) is 10.5 Å². The van der Waals surface area contributed by atoms with Crippen LogP contribution in [0.15, 0.2) is 0 Å². The van der Waals surface area contributed by atoms with Gasteiger partial charge in [-0.05, 0) is 26.7 Å². The topological polar surface area (TPSA) is 103 Å². The lowest BCUT2D eigenvalue weighted by atomic mass is 9.97. The van der Waals surface area contributed by atoms with Crippen molar-refractivity contribution < 1.29 is 19.1 Å². The number of primary amides is 1. The van der Waals surface area contributed by atoms with Gasteiger partial charge in [0.2, 0.25) is 11.8 Å². The number of aryl methyl sites for hydroxylation is 1. The van der Waals surface area contributed by atoms with Gasteiger partial charge in [0.25, 0.3) is 0 Å². The molecular weight excluding hydrogens is 318 g/mol. The molecule has 0 aromatic carbocycles. The molecule has 2 N–H and O–H groups in total. The average Bonchev–Trinajstić information content (AvgIpc) is 2.89. The van der Waals surface area contributed by atoms with Gasteiger partial charge in [0, 0.05) is 19.0 Å². The molecule has 7 nitrogen and oxygen atoms in total. The van der Waals surface area contributed by atoms with Gasteiger partial charge in [0.15, 0.2) is 0 Å². The Morgan fingerprint density at radius 2 is 2.00 bits per heavy atom. The summed E-state index contributed by atoms with van der Waals surface area (Å²) in [5.41, 5.74) is 5.74. The van der Waals surface area contributed by atoms with Crippen LogP contribution in [-0.4, -0.2) is 47.4 Å². The van der Waals surface area contributed by atoms with Crippen LogP contribution in [0.3, 0.4) is 0 Å². The molecule has 0 bridgehead atoms. The zero-order valence-corrected chi connectivity index (χ0v) is 14.1. The van der Waals surface area contributed by atoms with Gasteiger partial charge in [-0.25, -0.2) is 9.78 Å². The van der Waals surface area contributed by atoms with Crippen molar-refractivity contribution in [1.82, 2.24) is 9.88 Å². The predicted molar refractivity (Wildman–Crippen MR) is 85.2 cm³/mol. The lowest BCUT2D eigenvalue weighted by Crippen LogP contribution is -2.39. The second kappa shape index (κ2) is 7.54. The normalized spacial score (nSPS) is 15.5. The Bertz CT molecular complexity index is 606. The second-order valence-corrected chi connectivity index (χ2v) is 6.52. The number of likely N-dealkylation sites (tertiary alicyclic amines) is 1. The number of ether oxygens (including phenoxy) is 1. The Hall–Kier alpha value is -1.96. The number of nitrogens with zero attached hydrogens (tertiary/aromatic N) is 2. The molecule has 126 valence electrons. The fourth-order valence-electron chi connectivity index (χ4n) is 2.61. The van der Waals surface area contributed by atoms with Crippen LogP contribution in [0.2, 0.25) is 0 Å². The maximum Gasteiger partial charge on any atom is 0.350 e. The molecule has 0 radical (unpaired) electrons. The lowest BCUT2D eigenvalue weighted by molar-refractivity contribution is -0.135. The molecule has 8 heteroatoms. The number of amides is 2. The Labute approximate surface area is 138 Å². The van der Waals surface area contributed by atoms with Gasteiger partial charge in [0.1, 0.15) is 11.3 Å². The van der Waals surface area contributed by atoms with Gasteiger partial charge >= 0.3 is 5.97 Å². The minimum atomic E-state index is -0.605. The zero-order valence-electron chi connectivity index (χ0n) is 13.3. The Morgan fingerprint density at radius 3 is 2.57 bits per heavy atom. The average molecular weight is 339 g/mol. The summed E-state index contributed by atoms with van der Waals surface area (Å²) in [5, 5.41) is 0.910. The Balaban J connectivity index is 1.98. The fourth-order valence-corrected chi connectivity index (χ4v) is 3.74. The standard InChI is InChI=1S/C15H21N3O4S/c1-3-22-15(21)13-9(2)17-14(23-13)10-4-6-18(7-5-10)12(20)8-11(16)19/h10H,3-8H2,1-2H3,(H2,16,19). The number of carbonyl (C=O) groups is 3. The third-order valence-corrected chi connectivity index (χ3v) is 5.10. The molecule has 1 aliphatic rings. The van der Waals surface area contributed by atoms with Crippen LogP contribution >= 0.6 is 11.3 Å². The summed E-state index contributed by atoms with van der Waals surface area (Å²) in [6.07, 6.45) is 1.29. The summed E-state index contributed by atoms with van der Waals surface area (Å²) in [5.74, 6) is -0.937. The summed E-state index contributed by atoms with van der Waals surface area (Å²) in [4.78, 5) is 41.2. The third-order valence-electron chi connectivity index (χ3n) is 3.80. The number of hydrogen-bond acceptors (Lipinski definition) is 6. The van der Waals surface area contributed by atoms with Crippen LogP contribution in [0.5, 0.6) is 0 Å². The number of thiazole rings is 1. The molecular formula is C15H21N3O4S. The first-order valence-electron chi connectivity index (χ1n) is 7.62. The highest BCUT2D eigenvalue weighted by atomic mass is 32.1. The molecule has 0 unspecified atom stereocenters. The molecule has 1 aromatic rings. The number of hydrogen-bond donors (Lipinski definition) is 1. The van der Waals surface area contributed by atoms with E-state index in [2.05, 4.69) is 4.98 Å². The van der Waals surface area contributed by atoms with E-state index in [1.807, 2.05) is 0 Å². The largest absolute Gasteiger partial charge is 0.462 e. The predicted octanol–water partition coefficient (Wildman–Crippen LogP) is 1.21. The van der Waals surface area contributed by atoms with Crippen molar-refractivity contribution in [3.8, 4) is 0 Å². The molecule has 0 atom stereocenters. The van der Waals surface area contributed by atoms with Crippen LogP contribution in [0.4, 0.5) is 0 Å². The number of carbonyl (C=O) groups excluding carboxylic acids is 3. The second-order valence-electron chi connectivity index (χ2n) is 5.49. The van der Waals surface area contributed by atoms with Crippen molar-refractivity contribution >= 4 is 29.1 Å². The number of esters is 1. The highest BCUT2D eigenvalue weighted by molar-refractivity contribution is 7.13. The third kappa shape index (κ3) is 4.28. The highest BCUT2D eigenvalue weighted by Gasteiger charge is 2.28. The first-order valence-corrected chi connectivity index (χ1v) is 8.44. The van der Waals surface area contributed by atoms with E-state index >= 15 is 0 Å². The molecule has 23 heavy (non-hydrogen) atoms. The first kappa shape index (κ1) is 17.4. The quantitative estimate of drug-likeness (QED) is 0.641. The molecule has 1 fully saturated rings. The molecule has 2 amide bonds. The Morgan fingerprint density at radius 1 is 1.35 bits per heavy atom. The number of aromatic nitrogens is 1. The van der Waals surface area contributed by atoms with Gasteiger partial charge < -0.3 is 15.4 Å². The van der Waals surface area contributed by atoms with Crippen molar-refractivity contribution in [1.29, 1.82) is 0 Å². The molecule has 1 saturated heterocycles. The van der Waals surface area contributed by atoms with E-state index in [1.54, 1.807) is 18.7 Å². The van der Waals surface area contributed by atoms with E-state index in [0.29, 0.717) is 30.3 Å². The number of nitrogens with two attached hydrogens (primary N) is 1. The van der Waals surface area contributed by atoms with Crippen LogP contribution < -0.4 is 5.73 Å². The monoisotopic (exact) mass is 339 g/mol. The SMILES string of the molecule is CCOC(=O)c1sc(C2CCN(C(=O)CC(N)=O)CC2)nc1C. The van der Waals surface area contributed by atoms with E-state index in [0.717, 1.165) is 17.8 Å². The molecule has 1 aliphatic heterocycles. The van der Waals surface area contributed by atoms with Gasteiger partial charge in [-0.1, -0.05) is 0 Å². The van der Waals surface area contributed by atoms with E-state index < -0.39 is 5.91 Å². The summed E-state index contributed by atoms with van der Waals surface area (Å²) >= 11 is 1.37.